The van der Waals surface area contributed by atoms with Gasteiger partial charge in [-0.3, -0.25) is 4.79 Å². The molecule has 2 amide bonds. The highest BCUT2D eigenvalue weighted by atomic mass is 16.5. The molecule has 3 aliphatic rings. The Morgan fingerprint density at radius 1 is 0.912 bits per heavy atom. The van der Waals surface area contributed by atoms with Gasteiger partial charge in [-0.25, -0.2) is 9.59 Å². The number of amides is 2. The van der Waals surface area contributed by atoms with Gasteiger partial charge in [-0.1, -0.05) is 55.0 Å². The van der Waals surface area contributed by atoms with Gasteiger partial charge in [0.2, 0.25) is 5.91 Å². The Morgan fingerprint density at radius 3 is 2.26 bits per heavy atom. The third-order valence-corrected chi connectivity index (χ3v) is 7.55. The summed E-state index contributed by atoms with van der Waals surface area (Å²) < 4.78 is 5.67. The minimum absolute atomic E-state index is 0.0242. The maximum atomic E-state index is 13.2. The van der Waals surface area contributed by atoms with Gasteiger partial charge < -0.3 is 20.1 Å². The van der Waals surface area contributed by atoms with Gasteiger partial charge in [-0.15, -0.1) is 0 Å². The zero-order chi connectivity index (χ0) is 23.7. The van der Waals surface area contributed by atoms with Crippen molar-refractivity contribution in [1.82, 2.24) is 10.2 Å². The van der Waals surface area contributed by atoms with Gasteiger partial charge in [-0.05, 0) is 54.4 Å². The number of likely N-dealkylation sites (tertiary alicyclic amines) is 1. The lowest BCUT2D eigenvalue weighted by atomic mass is 9.96. The van der Waals surface area contributed by atoms with E-state index < -0.39 is 24.0 Å². The van der Waals surface area contributed by atoms with E-state index in [1.165, 1.54) is 16.0 Å². The molecule has 2 fully saturated rings. The number of carboxylic acid groups (broad SMARTS) is 1. The van der Waals surface area contributed by atoms with Crippen LogP contribution in [-0.2, 0) is 14.3 Å². The molecule has 2 aromatic rings. The Bertz CT molecular complexity index is 1050. The van der Waals surface area contributed by atoms with E-state index in [2.05, 4.69) is 29.6 Å². The number of carbonyl (C=O) groups is 3. The van der Waals surface area contributed by atoms with Gasteiger partial charge in [0.15, 0.2) is 0 Å². The van der Waals surface area contributed by atoms with Crippen molar-refractivity contribution in [2.75, 3.05) is 13.2 Å². The number of ether oxygens (including phenoxy) is 1. The van der Waals surface area contributed by atoms with Crippen molar-refractivity contribution in [2.45, 2.75) is 56.5 Å². The normalized spacial score (nSPS) is 23.8. The van der Waals surface area contributed by atoms with Gasteiger partial charge in [-0.2, -0.15) is 0 Å². The van der Waals surface area contributed by atoms with Crippen LogP contribution < -0.4 is 5.32 Å². The lowest BCUT2D eigenvalue weighted by Crippen LogP contribution is -2.53. The summed E-state index contributed by atoms with van der Waals surface area (Å²) in [6.45, 7) is 0.683. The number of carboxylic acids is 1. The van der Waals surface area contributed by atoms with E-state index in [-0.39, 0.29) is 24.5 Å². The molecule has 2 N–H and O–H groups in total. The topological polar surface area (TPSA) is 95.9 Å². The lowest BCUT2D eigenvalue weighted by Gasteiger charge is -2.36. The third-order valence-electron chi connectivity index (χ3n) is 7.55. The number of hydrogen-bond acceptors (Lipinski definition) is 4. The van der Waals surface area contributed by atoms with Gasteiger partial charge in [0.1, 0.15) is 12.6 Å². The van der Waals surface area contributed by atoms with E-state index in [0.29, 0.717) is 25.8 Å². The van der Waals surface area contributed by atoms with E-state index in [9.17, 15) is 19.5 Å². The maximum absolute atomic E-state index is 13.2. The first-order chi connectivity index (χ1) is 16.5. The summed E-state index contributed by atoms with van der Waals surface area (Å²) in [5.74, 6) is -1.54. The number of hydrogen-bond donors (Lipinski definition) is 2. The second-order valence-corrected chi connectivity index (χ2v) is 9.50. The van der Waals surface area contributed by atoms with E-state index in [1.807, 2.05) is 24.3 Å². The average Bonchev–Trinajstić information content (AvgIpc) is 3.44. The summed E-state index contributed by atoms with van der Waals surface area (Å²) in [4.78, 5) is 39.1. The Hall–Kier alpha value is -3.35. The number of rotatable bonds is 5. The number of aliphatic carboxylic acids is 1. The van der Waals surface area contributed by atoms with E-state index in [4.69, 9.17) is 4.74 Å². The Kier molecular flexibility index (Phi) is 6.26. The molecular formula is C27H30N2O5. The summed E-state index contributed by atoms with van der Waals surface area (Å²) in [7, 11) is 0. The molecule has 5 rings (SSSR count). The highest BCUT2D eigenvalue weighted by molar-refractivity contribution is 5.86. The fourth-order valence-corrected chi connectivity index (χ4v) is 5.88. The van der Waals surface area contributed by atoms with E-state index >= 15 is 0 Å². The van der Waals surface area contributed by atoms with Gasteiger partial charge in [0.05, 0.1) is 5.92 Å². The first kappa shape index (κ1) is 22.4. The maximum Gasteiger partial charge on any atom is 0.407 e. The fourth-order valence-electron chi connectivity index (χ4n) is 5.88. The van der Waals surface area contributed by atoms with Crippen molar-refractivity contribution in [1.29, 1.82) is 0 Å². The molecule has 1 heterocycles. The predicted molar refractivity (Wildman–Crippen MR) is 126 cm³/mol. The molecule has 0 unspecified atom stereocenters. The molecule has 2 aromatic carbocycles. The summed E-state index contributed by atoms with van der Waals surface area (Å²) in [6, 6.07) is 15.3. The number of fused-ring (bicyclic) bond motifs is 3. The molecule has 1 saturated carbocycles. The minimum Gasteiger partial charge on any atom is -0.480 e. The van der Waals surface area contributed by atoms with Crippen molar-refractivity contribution in [3.8, 4) is 11.1 Å². The quantitative estimate of drug-likeness (QED) is 0.696. The molecule has 1 aliphatic heterocycles. The summed E-state index contributed by atoms with van der Waals surface area (Å²) in [5, 5.41) is 12.5. The molecule has 0 bridgehead atoms. The largest absolute Gasteiger partial charge is 0.480 e. The molecule has 0 radical (unpaired) electrons. The number of nitrogens with one attached hydrogen (secondary N) is 1. The Labute approximate surface area is 199 Å². The lowest BCUT2D eigenvalue weighted by molar-refractivity contribution is -0.154. The van der Waals surface area contributed by atoms with Crippen molar-refractivity contribution >= 4 is 18.0 Å². The zero-order valence-electron chi connectivity index (χ0n) is 19.1. The van der Waals surface area contributed by atoms with Crippen LogP contribution in [0.2, 0.25) is 0 Å². The first-order valence-corrected chi connectivity index (χ1v) is 12.2. The van der Waals surface area contributed by atoms with Crippen LogP contribution in [0.25, 0.3) is 11.1 Å². The zero-order valence-corrected chi connectivity index (χ0v) is 19.1. The number of carbonyl (C=O) groups excluding carboxylic acids is 2. The van der Waals surface area contributed by atoms with Crippen LogP contribution in [0.3, 0.4) is 0 Å². The van der Waals surface area contributed by atoms with Gasteiger partial charge in [0, 0.05) is 18.5 Å². The van der Waals surface area contributed by atoms with Gasteiger partial charge >= 0.3 is 12.1 Å². The molecule has 3 atom stereocenters. The van der Waals surface area contributed by atoms with Gasteiger partial charge in [0.25, 0.3) is 0 Å². The van der Waals surface area contributed by atoms with Crippen LogP contribution in [0, 0.1) is 5.92 Å². The Balaban J connectivity index is 1.23. The smallest absolute Gasteiger partial charge is 0.407 e. The molecule has 34 heavy (non-hydrogen) atoms. The monoisotopic (exact) mass is 462 g/mol. The molecule has 2 aliphatic carbocycles. The molecule has 0 spiro atoms. The Morgan fingerprint density at radius 2 is 1.59 bits per heavy atom. The highest BCUT2D eigenvalue weighted by Crippen LogP contribution is 2.44. The number of benzene rings is 2. The minimum atomic E-state index is -0.952. The molecular weight excluding hydrogens is 432 g/mol. The summed E-state index contributed by atoms with van der Waals surface area (Å²) >= 11 is 0. The van der Waals surface area contributed by atoms with Crippen LogP contribution in [0.4, 0.5) is 4.79 Å². The van der Waals surface area contributed by atoms with Crippen molar-refractivity contribution in [2.24, 2.45) is 5.92 Å². The molecule has 178 valence electrons. The van der Waals surface area contributed by atoms with E-state index in [1.54, 1.807) is 0 Å². The SMILES string of the molecule is O=C(N[C@@H]1CCC[C@@H]1C(=O)N1CCCC[C@@H]1C(=O)O)OCC1c2ccccc2-c2ccccc21. The fraction of sp³-hybridized carbons (Fsp3) is 0.444. The molecule has 7 nitrogen and oxygen atoms in total. The molecule has 0 aromatic heterocycles. The van der Waals surface area contributed by atoms with E-state index in [0.717, 1.165) is 30.4 Å². The second kappa shape index (κ2) is 9.49. The summed E-state index contributed by atoms with van der Waals surface area (Å²) in [6.07, 6.45) is 3.73. The average molecular weight is 463 g/mol. The summed E-state index contributed by atoms with van der Waals surface area (Å²) in [5.41, 5.74) is 4.64. The van der Waals surface area contributed by atoms with Crippen molar-refractivity contribution < 1.29 is 24.2 Å². The van der Waals surface area contributed by atoms with Crippen LogP contribution in [0.15, 0.2) is 48.5 Å². The third kappa shape index (κ3) is 4.15. The van der Waals surface area contributed by atoms with Crippen LogP contribution in [-0.4, -0.2) is 53.2 Å². The van der Waals surface area contributed by atoms with Crippen LogP contribution >= 0.6 is 0 Å². The number of alkyl carbamates (subject to hydrolysis) is 1. The first-order valence-electron chi connectivity index (χ1n) is 12.2. The van der Waals surface area contributed by atoms with Crippen molar-refractivity contribution in [3.05, 3.63) is 59.7 Å². The highest BCUT2D eigenvalue weighted by Gasteiger charge is 2.41. The van der Waals surface area contributed by atoms with Crippen molar-refractivity contribution in [3.63, 3.8) is 0 Å². The number of piperidine rings is 1. The molecule has 7 heteroatoms. The van der Waals surface area contributed by atoms with Crippen LogP contribution in [0.1, 0.15) is 55.6 Å². The predicted octanol–water partition coefficient (Wildman–Crippen LogP) is 4.16. The van der Waals surface area contributed by atoms with Crippen LogP contribution in [0.5, 0.6) is 0 Å². The number of nitrogens with zero attached hydrogens (tertiary/aromatic N) is 1. The second-order valence-electron chi connectivity index (χ2n) is 9.50. The molecule has 1 saturated heterocycles. The standard InChI is InChI=1S/C27H30N2O5/c30-25(29-15-6-5-14-24(29)26(31)32)21-12-7-13-23(21)28-27(33)34-16-22-19-10-3-1-8-17(19)18-9-2-4-11-20(18)22/h1-4,8-11,21-24H,5-7,12-16H2,(H,28,33)(H,31,32)/t21-,23+,24+/m0/s1.